The lowest BCUT2D eigenvalue weighted by Gasteiger charge is -2.12. The molecule has 2 aromatic rings. The van der Waals surface area contributed by atoms with Gasteiger partial charge in [0.1, 0.15) is 11.5 Å². The molecule has 19 heavy (non-hydrogen) atoms. The van der Waals surface area contributed by atoms with E-state index < -0.39 is 0 Å². The molecule has 1 aromatic carbocycles. The van der Waals surface area contributed by atoms with Crippen LogP contribution in [0.2, 0.25) is 0 Å². The first-order valence-electron chi connectivity index (χ1n) is 5.76. The monoisotopic (exact) mass is 261 g/mol. The number of methoxy groups -OCH3 is 1. The molecule has 0 aliphatic heterocycles. The third-order valence-corrected chi connectivity index (χ3v) is 2.46. The number of carbonyl (C=O) groups is 1. The highest BCUT2D eigenvalue weighted by atomic mass is 16.5. The first-order chi connectivity index (χ1) is 9.19. The van der Waals surface area contributed by atoms with Gasteiger partial charge in [0.15, 0.2) is 6.39 Å². The number of benzene rings is 1. The van der Waals surface area contributed by atoms with Crippen molar-refractivity contribution in [2.24, 2.45) is 0 Å². The van der Waals surface area contributed by atoms with Gasteiger partial charge >= 0.3 is 0 Å². The lowest BCUT2D eigenvalue weighted by atomic mass is 10.2. The molecule has 1 aromatic heterocycles. The normalized spacial score (nSPS) is 10.0. The summed E-state index contributed by atoms with van der Waals surface area (Å²) in [6.07, 6.45) is 3.01. The molecule has 1 heterocycles. The third kappa shape index (κ3) is 3.48. The Balaban J connectivity index is 2.13. The summed E-state index contributed by atoms with van der Waals surface area (Å²) >= 11 is 0. The van der Waals surface area contributed by atoms with E-state index in [-0.39, 0.29) is 5.91 Å². The molecule has 0 saturated heterocycles. The average molecular weight is 261 g/mol. The Kier molecular flexibility index (Phi) is 4.02. The standard InChI is InChI=1S/C13H15N3O3/c1-9(17)16-10-3-4-13(18-2)12(5-10)15-7-11-6-14-8-19-11/h3-6,8,15H,7H2,1-2H3,(H,16,17). The molecular weight excluding hydrogens is 246 g/mol. The van der Waals surface area contributed by atoms with E-state index in [1.54, 1.807) is 31.5 Å². The molecule has 0 atom stereocenters. The minimum Gasteiger partial charge on any atom is -0.495 e. The Morgan fingerprint density at radius 1 is 1.47 bits per heavy atom. The van der Waals surface area contributed by atoms with Crippen molar-refractivity contribution in [2.45, 2.75) is 13.5 Å². The van der Waals surface area contributed by atoms with E-state index in [0.717, 1.165) is 5.69 Å². The van der Waals surface area contributed by atoms with Gasteiger partial charge in [0.05, 0.1) is 25.5 Å². The van der Waals surface area contributed by atoms with Crippen LogP contribution in [0.1, 0.15) is 12.7 Å². The summed E-state index contributed by atoms with van der Waals surface area (Å²) < 4.78 is 10.4. The van der Waals surface area contributed by atoms with Crippen molar-refractivity contribution in [1.29, 1.82) is 0 Å². The second-order valence-corrected chi connectivity index (χ2v) is 3.92. The zero-order valence-corrected chi connectivity index (χ0v) is 10.8. The predicted octanol–water partition coefficient (Wildman–Crippen LogP) is 2.25. The number of aromatic nitrogens is 1. The lowest BCUT2D eigenvalue weighted by Crippen LogP contribution is -2.07. The Labute approximate surface area is 110 Å². The van der Waals surface area contributed by atoms with Crippen molar-refractivity contribution in [3.63, 3.8) is 0 Å². The van der Waals surface area contributed by atoms with E-state index in [1.165, 1.54) is 13.3 Å². The first kappa shape index (κ1) is 12.9. The van der Waals surface area contributed by atoms with Crippen LogP contribution in [0.5, 0.6) is 5.75 Å². The van der Waals surface area contributed by atoms with Crippen molar-refractivity contribution < 1.29 is 13.9 Å². The SMILES string of the molecule is COc1ccc(NC(C)=O)cc1NCc1cnco1. The van der Waals surface area contributed by atoms with Crippen molar-refractivity contribution in [3.05, 3.63) is 36.5 Å². The number of anilines is 2. The predicted molar refractivity (Wildman–Crippen MR) is 71.1 cm³/mol. The van der Waals surface area contributed by atoms with Gasteiger partial charge in [-0.3, -0.25) is 4.79 Å². The van der Waals surface area contributed by atoms with Crippen LogP contribution < -0.4 is 15.4 Å². The number of rotatable bonds is 5. The summed E-state index contributed by atoms with van der Waals surface area (Å²) in [5.74, 6) is 1.28. The molecule has 0 spiro atoms. The number of ether oxygens (including phenoxy) is 1. The van der Waals surface area contributed by atoms with Gasteiger partial charge < -0.3 is 19.8 Å². The van der Waals surface area contributed by atoms with Gasteiger partial charge in [0.25, 0.3) is 0 Å². The zero-order chi connectivity index (χ0) is 13.7. The molecule has 0 aliphatic rings. The lowest BCUT2D eigenvalue weighted by molar-refractivity contribution is -0.114. The van der Waals surface area contributed by atoms with Crippen molar-refractivity contribution >= 4 is 17.3 Å². The van der Waals surface area contributed by atoms with E-state index >= 15 is 0 Å². The first-order valence-corrected chi connectivity index (χ1v) is 5.76. The summed E-state index contributed by atoms with van der Waals surface area (Å²) in [4.78, 5) is 14.9. The second-order valence-electron chi connectivity index (χ2n) is 3.92. The molecule has 2 rings (SSSR count). The van der Waals surface area contributed by atoms with E-state index in [0.29, 0.717) is 23.7 Å². The summed E-state index contributed by atoms with van der Waals surface area (Å²) in [5.41, 5.74) is 1.47. The number of amides is 1. The fraction of sp³-hybridized carbons (Fsp3) is 0.231. The maximum Gasteiger partial charge on any atom is 0.221 e. The summed E-state index contributed by atoms with van der Waals surface area (Å²) in [5, 5.41) is 5.89. The van der Waals surface area contributed by atoms with Gasteiger partial charge in [-0.15, -0.1) is 0 Å². The van der Waals surface area contributed by atoms with Gasteiger partial charge in [-0.25, -0.2) is 4.98 Å². The van der Waals surface area contributed by atoms with Crippen molar-refractivity contribution in [2.75, 3.05) is 17.7 Å². The van der Waals surface area contributed by atoms with E-state index in [2.05, 4.69) is 15.6 Å². The van der Waals surface area contributed by atoms with E-state index in [1.807, 2.05) is 0 Å². The van der Waals surface area contributed by atoms with Gasteiger partial charge in [0.2, 0.25) is 5.91 Å². The van der Waals surface area contributed by atoms with Crippen LogP contribution in [0.4, 0.5) is 11.4 Å². The van der Waals surface area contributed by atoms with Gasteiger partial charge in [-0.1, -0.05) is 0 Å². The van der Waals surface area contributed by atoms with Gasteiger partial charge in [-0.05, 0) is 18.2 Å². The third-order valence-electron chi connectivity index (χ3n) is 2.46. The summed E-state index contributed by atoms with van der Waals surface area (Å²) in [7, 11) is 1.59. The van der Waals surface area contributed by atoms with Crippen LogP contribution in [0, 0.1) is 0 Å². The van der Waals surface area contributed by atoms with Crippen LogP contribution in [0.25, 0.3) is 0 Å². The highest BCUT2D eigenvalue weighted by molar-refractivity contribution is 5.89. The molecule has 1 amide bonds. The molecule has 0 radical (unpaired) electrons. The average Bonchev–Trinajstić information content (AvgIpc) is 2.89. The topological polar surface area (TPSA) is 76.4 Å². The minimum atomic E-state index is -0.119. The van der Waals surface area contributed by atoms with Crippen LogP contribution in [0.3, 0.4) is 0 Å². The zero-order valence-electron chi connectivity index (χ0n) is 10.8. The molecule has 0 bridgehead atoms. The summed E-state index contributed by atoms with van der Waals surface area (Å²) in [6.45, 7) is 1.95. The Morgan fingerprint density at radius 2 is 2.32 bits per heavy atom. The number of hydrogen-bond donors (Lipinski definition) is 2. The van der Waals surface area contributed by atoms with Crippen molar-refractivity contribution in [3.8, 4) is 5.75 Å². The molecule has 0 aliphatic carbocycles. The van der Waals surface area contributed by atoms with E-state index in [4.69, 9.17) is 9.15 Å². The molecule has 0 fully saturated rings. The molecule has 100 valence electrons. The second kappa shape index (κ2) is 5.90. The van der Waals surface area contributed by atoms with E-state index in [9.17, 15) is 4.79 Å². The van der Waals surface area contributed by atoms with Crippen LogP contribution in [-0.4, -0.2) is 18.0 Å². The molecule has 6 heteroatoms. The van der Waals surface area contributed by atoms with Crippen LogP contribution in [-0.2, 0) is 11.3 Å². The number of oxazole rings is 1. The highest BCUT2D eigenvalue weighted by Gasteiger charge is 2.06. The van der Waals surface area contributed by atoms with Crippen molar-refractivity contribution in [1.82, 2.24) is 4.98 Å². The van der Waals surface area contributed by atoms with Gasteiger partial charge in [0, 0.05) is 12.6 Å². The largest absolute Gasteiger partial charge is 0.495 e. The number of carbonyl (C=O) groups excluding carboxylic acids is 1. The Hall–Kier alpha value is -2.50. The molecular formula is C13H15N3O3. The number of nitrogens with zero attached hydrogens (tertiary/aromatic N) is 1. The highest BCUT2D eigenvalue weighted by Crippen LogP contribution is 2.28. The Bertz CT molecular complexity index is 552. The van der Waals surface area contributed by atoms with Crippen LogP contribution in [0.15, 0.2) is 35.2 Å². The Morgan fingerprint density at radius 3 is 2.95 bits per heavy atom. The fourth-order valence-corrected chi connectivity index (χ4v) is 1.64. The maximum absolute atomic E-state index is 11.0. The van der Waals surface area contributed by atoms with Crippen LogP contribution >= 0.6 is 0 Å². The number of hydrogen-bond acceptors (Lipinski definition) is 5. The molecule has 6 nitrogen and oxygen atoms in total. The smallest absolute Gasteiger partial charge is 0.221 e. The minimum absolute atomic E-state index is 0.119. The quantitative estimate of drug-likeness (QED) is 0.863. The molecule has 0 unspecified atom stereocenters. The number of nitrogens with one attached hydrogen (secondary N) is 2. The summed E-state index contributed by atoms with van der Waals surface area (Å²) in [6, 6.07) is 5.37. The maximum atomic E-state index is 11.0. The van der Waals surface area contributed by atoms with Gasteiger partial charge in [-0.2, -0.15) is 0 Å². The fourth-order valence-electron chi connectivity index (χ4n) is 1.64. The molecule has 0 saturated carbocycles. The molecule has 2 N–H and O–H groups in total.